The lowest BCUT2D eigenvalue weighted by Crippen LogP contribution is -2.34. The Bertz CT molecular complexity index is 889. The second kappa shape index (κ2) is 8.90. The van der Waals surface area contributed by atoms with Gasteiger partial charge in [-0.1, -0.05) is 17.7 Å². The van der Waals surface area contributed by atoms with Crippen molar-refractivity contribution in [3.63, 3.8) is 0 Å². The minimum absolute atomic E-state index is 0.0732. The molecule has 2 aromatic rings. The Labute approximate surface area is 161 Å². The van der Waals surface area contributed by atoms with Gasteiger partial charge in [0.1, 0.15) is 5.75 Å². The fourth-order valence-electron chi connectivity index (χ4n) is 2.59. The summed E-state index contributed by atoms with van der Waals surface area (Å²) in [5, 5.41) is 0. The number of hydrogen-bond acceptors (Lipinski definition) is 4. The zero-order valence-corrected chi connectivity index (χ0v) is 17.0. The van der Waals surface area contributed by atoms with E-state index in [4.69, 9.17) is 4.74 Å². The Morgan fingerprint density at radius 1 is 1.04 bits per heavy atom. The molecule has 1 N–H and O–H groups in total. The number of hydrogen-bond donors (Lipinski definition) is 1. The van der Waals surface area contributed by atoms with E-state index in [0.29, 0.717) is 30.1 Å². The predicted octanol–water partition coefficient (Wildman–Crippen LogP) is 3.35. The van der Waals surface area contributed by atoms with Crippen LogP contribution in [0.2, 0.25) is 0 Å². The summed E-state index contributed by atoms with van der Waals surface area (Å²) in [6.07, 6.45) is 0. The smallest absolute Gasteiger partial charge is 0.261 e. The molecule has 7 heteroatoms. The molecule has 0 heterocycles. The van der Waals surface area contributed by atoms with E-state index in [1.54, 1.807) is 30.0 Å². The molecule has 0 fully saturated rings. The van der Waals surface area contributed by atoms with Crippen molar-refractivity contribution >= 4 is 21.6 Å². The van der Waals surface area contributed by atoms with Crippen molar-refractivity contribution in [2.24, 2.45) is 0 Å². The highest BCUT2D eigenvalue weighted by molar-refractivity contribution is 7.92. The van der Waals surface area contributed by atoms with Crippen molar-refractivity contribution in [3.05, 3.63) is 53.6 Å². The summed E-state index contributed by atoms with van der Waals surface area (Å²) in [5.41, 5.74) is 2.20. The third kappa shape index (κ3) is 5.47. The minimum Gasteiger partial charge on any atom is -0.483 e. The lowest BCUT2D eigenvalue weighted by atomic mass is 10.2. The van der Waals surface area contributed by atoms with Crippen LogP contribution in [0.15, 0.2) is 47.4 Å². The van der Waals surface area contributed by atoms with Crippen molar-refractivity contribution in [1.29, 1.82) is 0 Å². The zero-order valence-electron chi connectivity index (χ0n) is 16.2. The number of rotatable bonds is 8. The number of benzene rings is 2. The van der Waals surface area contributed by atoms with Crippen LogP contribution in [0.1, 0.15) is 25.0 Å². The first kappa shape index (κ1) is 20.8. The molecular formula is C20H26N2O4S. The number of nitrogens with one attached hydrogen (secondary N) is 1. The van der Waals surface area contributed by atoms with Crippen LogP contribution in [-0.2, 0) is 14.8 Å². The molecule has 0 aliphatic carbocycles. The quantitative estimate of drug-likeness (QED) is 0.750. The molecular weight excluding hydrogens is 364 g/mol. The molecule has 0 saturated heterocycles. The zero-order chi connectivity index (χ0) is 20.0. The number of amides is 1. The van der Waals surface area contributed by atoms with Gasteiger partial charge in [-0.15, -0.1) is 0 Å². The molecule has 27 heavy (non-hydrogen) atoms. The number of carbonyl (C=O) groups is 1. The molecule has 0 saturated carbocycles. The van der Waals surface area contributed by atoms with E-state index in [9.17, 15) is 13.2 Å². The fraction of sp³-hybridized carbons (Fsp3) is 0.350. The predicted molar refractivity (Wildman–Crippen MR) is 107 cm³/mol. The molecule has 0 bridgehead atoms. The van der Waals surface area contributed by atoms with Crippen LogP contribution in [0.3, 0.4) is 0 Å². The lowest BCUT2D eigenvalue weighted by molar-refractivity contribution is -0.132. The Morgan fingerprint density at radius 3 is 2.22 bits per heavy atom. The number of nitrogens with zero attached hydrogens (tertiary/aromatic N) is 1. The van der Waals surface area contributed by atoms with Crippen LogP contribution in [0.5, 0.6) is 5.75 Å². The highest BCUT2D eigenvalue weighted by Crippen LogP contribution is 2.23. The summed E-state index contributed by atoms with van der Waals surface area (Å²) in [6, 6.07) is 11.7. The fourth-order valence-corrected chi connectivity index (χ4v) is 3.74. The first-order valence-electron chi connectivity index (χ1n) is 8.87. The van der Waals surface area contributed by atoms with Gasteiger partial charge in [0.25, 0.3) is 15.9 Å². The van der Waals surface area contributed by atoms with Gasteiger partial charge in [-0.25, -0.2) is 8.42 Å². The molecule has 2 rings (SSSR count). The van der Waals surface area contributed by atoms with E-state index in [1.165, 1.54) is 12.1 Å². The van der Waals surface area contributed by atoms with Crippen LogP contribution in [-0.4, -0.2) is 38.9 Å². The highest BCUT2D eigenvalue weighted by atomic mass is 32.2. The summed E-state index contributed by atoms with van der Waals surface area (Å²) in [6.45, 7) is 8.68. The van der Waals surface area contributed by atoms with Crippen LogP contribution in [0.25, 0.3) is 0 Å². The van der Waals surface area contributed by atoms with E-state index in [2.05, 4.69) is 4.72 Å². The first-order valence-corrected chi connectivity index (χ1v) is 10.4. The molecule has 0 aromatic heterocycles. The summed E-state index contributed by atoms with van der Waals surface area (Å²) in [7, 11) is -3.70. The number of anilines is 1. The van der Waals surface area contributed by atoms with Gasteiger partial charge in [-0.3, -0.25) is 9.52 Å². The Hall–Kier alpha value is -2.54. The van der Waals surface area contributed by atoms with Crippen molar-refractivity contribution in [3.8, 4) is 5.75 Å². The Kier molecular flexibility index (Phi) is 6.85. The van der Waals surface area contributed by atoms with Gasteiger partial charge >= 0.3 is 0 Å². The monoisotopic (exact) mass is 390 g/mol. The second-order valence-electron chi connectivity index (χ2n) is 6.25. The van der Waals surface area contributed by atoms with E-state index in [1.807, 2.05) is 32.9 Å². The van der Waals surface area contributed by atoms with Crippen LogP contribution >= 0.6 is 0 Å². The van der Waals surface area contributed by atoms with Crippen LogP contribution in [0, 0.1) is 13.8 Å². The van der Waals surface area contributed by atoms with E-state index >= 15 is 0 Å². The largest absolute Gasteiger partial charge is 0.483 e. The standard InChI is InChI=1S/C20H26N2O4S/c1-5-22(6-2)20(23)14-26-19-12-11-18(13-16(19)4)27(24,25)21-17-9-7-15(3)8-10-17/h7-13,21H,5-6,14H2,1-4H3. The maximum absolute atomic E-state index is 12.6. The van der Waals surface area contributed by atoms with E-state index in [-0.39, 0.29) is 17.4 Å². The molecule has 0 radical (unpaired) electrons. The molecule has 0 aliphatic heterocycles. The van der Waals surface area contributed by atoms with Crippen molar-refractivity contribution < 1.29 is 17.9 Å². The summed E-state index contributed by atoms with van der Waals surface area (Å²) in [4.78, 5) is 13.9. The first-order chi connectivity index (χ1) is 12.8. The topological polar surface area (TPSA) is 75.7 Å². The van der Waals surface area contributed by atoms with Crippen molar-refractivity contribution in [2.75, 3.05) is 24.4 Å². The van der Waals surface area contributed by atoms with Gasteiger partial charge in [-0.2, -0.15) is 0 Å². The van der Waals surface area contributed by atoms with Crippen molar-refractivity contribution in [1.82, 2.24) is 4.90 Å². The maximum atomic E-state index is 12.6. The number of ether oxygens (including phenoxy) is 1. The third-order valence-electron chi connectivity index (χ3n) is 4.23. The molecule has 1 amide bonds. The van der Waals surface area contributed by atoms with Gasteiger partial charge in [0.2, 0.25) is 0 Å². The molecule has 0 unspecified atom stereocenters. The lowest BCUT2D eigenvalue weighted by Gasteiger charge is -2.19. The summed E-state index contributed by atoms with van der Waals surface area (Å²) < 4.78 is 33.3. The molecule has 6 nitrogen and oxygen atoms in total. The summed E-state index contributed by atoms with van der Waals surface area (Å²) >= 11 is 0. The van der Waals surface area contributed by atoms with Gasteiger partial charge in [0.15, 0.2) is 6.61 Å². The third-order valence-corrected chi connectivity index (χ3v) is 5.61. The number of aryl methyl sites for hydroxylation is 2. The Balaban J connectivity index is 2.10. The molecule has 146 valence electrons. The van der Waals surface area contributed by atoms with Crippen LogP contribution in [0.4, 0.5) is 5.69 Å². The van der Waals surface area contributed by atoms with Crippen LogP contribution < -0.4 is 9.46 Å². The van der Waals surface area contributed by atoms with Gasteiger partial charge in [0, 0.05) is 18.8 Å². The molecule has 0 spiro atoms. The second-order valence-corrected chi connectivity index (χ2v) is 7.94. The number of likely N-dealkylation sites (N-methyl/N-ethyl adjacent to an activating group) is 1. The average molecular weight is 391 g/mol. The normalized spacial score (nSPS) is 11.1. The SMILES string of the molecule is CCN(CC)C(=O)COc1ccc(S(=O)(=O)Nc2ccc(C)cc2)cc1C. The average Bonchev–Trinajstić information content (AvgIpc) is 2.63. The Morgan fingerprint density at radius 2 is 1.67 bits per heavy atom. The molecule has 2 aromatic carbocycles. The van der Waals surface area contributed by atoms with Gasteiger partial charge in [0.05, 0.1) is 4.90 Å². The molecule has 0 atom stereocenters. The minimum atomic E-state index is -3.70. The van der Waals surface area contributed by atoms with E-state index < -0.39 is 10.0 Å². The molecule has 0 aliphatic rings. The van der Waals surface area contributed by atoms with Gasteiger partial charge < -0.3 is 9.64 Å². The van der Waals surface area contributed by atoms with E-state index in [0.717, 1.165) is 5.56 Å². The maximum Gasteiger partial charge on any atom is 0.261 e. The number of carbonyl (C=O) groups excluding carboxylic acids is 1. The van der Waals surface area contributed by atoms with Gasteiger partial charge in [-0.05, 0) is 63.6 Å². The number of sulfonamides is 1. The van der Waals surface area contributed by atoms with Crippen molar-refractivity contribution in [2.45, 2.75) is 32.6 Å². The summed E-state index contributed by atoms with van der Waals surface area (Å²) in [5.74, 6) is 0.391. The highest BCUT2D eigenvalue weighted by Gasteiger charge is 2.17.